The van der Waals surface area contributed by atoms with E-state index in [0.717, 1.165) is 103 Å². The quantitative estimate of drug-likeness (QED) is 0.0345. The molecular formula is C105H176Br2N6O7. The molecule has 120 heavy (non-hydrogen) atoms. The smallest absolute Gasteiger partial charge is 0.210 e. The Morgan fingerprint density at radius 1 is 0.450 bits per heavy atom. The third kappa shape index (κ3) is 35.4. The second-order valence-corrected chi connectivity index (χ2v) is 39.4. The van der Waals surface area contributed by atoms with E-state index in [1.807, 2.05) is 19.2 Å². The number of phenols is 1. The van der Waals surface area contributed by atoms with E-state index in [1.54, 1.807) is 17.2 Å². The molecule has 13 atom stereocenters. The van der Waals surface area contributed by atoms with Crippen molar-refractivity contribution in [1.29, 1.82) is 2.86 Å². The van der Waals surface area contributed by atoms with Crippen LogP contribution in [0.3, 0.4) is 0 Å². The Morgan fingerprint density at radius 3 is 1.08 bits per heavy atom. The lowest BCUT2D eigenvalue weighted by Gasteiger charge is -2.44. The molecule has 0 aliphatic heterocycles. The molecule has 0 radical (unpaired) electrons. The maximum Gasteiger partial charge on any atom is 0.210 e. The summed E-state index contributed by atoms with van der Waals surface area (Å²) in [6.45, 7) is 26.3. The molecule has 6 aromatic carbocycles. The average molecular weight is 1800 g/mol. The van der Waals surface area contributed by atoms with E-state index in [9.17, 15) is 15.3 Å². The van der Waals surface area contributed by atoms with Gasteiger partial charge in [0.15, 0.2) is 0 Å². The number of aliphatic hydroxyl groups is 4. The van der Waals surface area contributed by atoms with Crippen LogP contribution in [0.15, 0.2) is 146 Å². The van der Waals surface area contributed by atoms with Crippen LogP contribution >= 0.6 is 0 Å². The molecule has 6 aliphatic rings. The Kier molecular flexibility index (Phi) is 46.5. The van der Waals surface area contributed by atoms with Crippen LogP contribution in [-0.4, -0.2) is 213 Å². The number of benzene rings is 6. The molecule has 0 bridgehead atoms. The Balaban J connectivity index is 0.000000493. The highest BCUT2D eigenvalue weighted by atomic mass is 79.9. The highest BCUT2D eigenvalue weighted by molar-refractivity contribution is 5.36. The van der Waals surface area contributed by atoms with E-state index in [1.165, 1.54) is 175 Å². The number of hydrogen-bond donors (Lipinski definition) is 7. The molecule has 6 aromatic rings. The summed E-state index contributed by atoms with van der Waals surface area (Å²) in [6, 6.07) is 52.1. The summed E-state index contributed by atoms with van der Waals surface area (Å²) < 4.78 is 48.1. The van der Waals surface area contributed by atoms with Gasteiger partial charge in [-0.05, 0) is 247 Å². The average Bonchev–Trinajstić information content (AvgIpc) is 0.793. The molecule has 6 fully saturated rings. The summed E-state index contributed by atoms with van der Waals surface area (Å²) in [5.74, 6) is 4.15. The zero-order valence-corrected chi connectivity index (χ0v) is 82.6. The Hall–Kier alpha value is -4.40. The van der Waals surface area contributed by atoms with E-state index in [0.29, 0.717) is 39.7 Å². The number of aryl methyl sites for hydroxylation is 5. The van der Waals surface area contributed by atoms with Crippen LogP contribution in [0.25, 0.3) is 0 Å². The SMILES string of the molecule is CNC[C@H]1CCCC[C@]1(C)c1cccc(C)c1.CNC[C@H]1CCCC[C@]1(C)c1cccc(O)c1.Cc1cccc([C@@]2(C)CCCC[C@@H]2CN(C)C)c1.Cc1cccc([C@@]2(C)CCCC[C@@H]2C[N+](C)(C)C)c1.Cc1cccc([C@@]2(O)CCCC[C@@H]2CN(C)C)c1.Cc1cccc([C@@]2(O)CCCC[C@@H]2C[N+](C)(C)C)c1.[2H]COC[3H].[2H]OC([2H])COC[3H].[3H]OC.[Br-].[Br-]. The van der Waals surface area contributed by atoms with Gasteiger partial charge in [-0.25, -0.2) is 0 Å². The minimum atomic E-state index is -0.972. The van der Waals surface area contributed by atoms with Gasteiger partial charge >= 0.3 is 0 Å². The molecule has 0 spiro atoms. The van der Waals surface area contributed by atoms with Crippen LogP contribution in [0.2, 0.25) is 0 Å². The number of methoxy groups -OCH3 is 2. The molecule has 12 rings (SSSR count). The third-order valence-electron chi connectivity index (χ3n) is 27.0. The van der Waals surface area contributed by atoms with Crippen molar-refractivity contribution in [2.24, 2.45) is 35.5 Å². The number of aliphatic hydroxyl groups excluding tert-OH is 2. The van der Waals surface area contributed by atoms with Gasteiger partial charge in [-0.3, -0.25) is 0 Å². The van der Waals surface area contributed by atoms with Gasteiger partial charge in [0, 0.05) is 64.6 Å². The van der Waals surface area contributed by atoms with Crippen molar-refractivity contribution in [3.8, 4) is 5.75 Å². The molecule has 7 N–H and O–H groups in total. The molecule has 0 saturated heterocycles. The van der Waals surface area contributed by atoms with E-state index in [-0.39, 0.29) is 67.2 Å². The number of nitrogens with one attached hydrogen (secondary N) is 2. The standard InChI is InChI=1S/C18H30N.C17H28NO.C17H27N.C16H25NO.C16H25N.C15H23NO.C3H8O2.C2H6O.CH4O.2BrH/c1-15-9-8-11-16(13-15)18(2)12-7-6-10-17(18)14-19(3,4)5;1-14-8-7-10-15(12-14)17(19)11-6-5-9-16(17)13-18(2,3)4;1-14-8-7-10-15(12-14)17(2)11-6-5-9-16(17)13-18(3)4;1-13-7-6-9-14(11-13)16(18)10-5-4-8-15(16)12-17(2)3;1-13-7-6-9-14(11-13)16(2)10-5-4-8-15(16)12-17-3;1-15(12-7-5-8-14(17)10-12)9-4-3-6-13(15)11-16-2;1-5-3-2-4;1-3-2;1-2;;/h8-9,11,13,17H,6-7,10,12,14H2,1-5H3;7-8,10,12,16,19H,5-6,9,11,13H2,1-4H3;7-8,10,12,16H,5-6,9,11,13H2,1-4H3;6-7,9,11,15,18H,4-5,8,10,12H2,1-3H3;6-7,9,11,15,17H,4-5,8,10,12H2,1-3H3;5,7-8,10,13,16-17H,3-4,6,9,11H2,1-2H3;4H,2-3H2,1H3;1-2H3;2H,1H3;2*1H/q2*+1;;;;;;;;;/p-2/t17-,18-;16-,17+;16-,17-;15-,16+;15-,16-;13-,15-;;;;;/m111111...../s1/i;;;;;;1T,2D,4D;1D,2T;2T;;. The maximum absolute atomic E-state index is 11.3. The molecule has 6 aliphatic carbocycles. The number of halogens is 2. The normalized spacial score (nSPS) is 27.3. The second-order valence-electron chi connectivity index (χ2n) is 39.4. The van der Waals surface area contributed by atoms with Crippen LogP contribution < -0.4 is 44.6 Å². The van der Waals surface area contributed by atoms with Crippen LogP contribution in [0, 0.1) is 70.1 Å². The zero-order valence-electron chi connectivity index (χ0n) is 85.5. The predicted octanol–water partition coefficient (Wildman–Crippen LogP) is 14.4. The van der Waals surface area contributed by atoms with E-state index in [4.69, 9.17) is 8.35 Å². The summed E-state index contributed by atoms with van der Waals surface area (Å²) in [7, 11) is 27.2. The number of quaternary nitrogens is 2. The topological polar surface area (TPSA) is 150 Å². The summed E-state index contributed by atoms with van der Waals surface area (Å²) >= 11 is 0. The minimum Gasteiger partial charge on any atom is -1.00 e. The molecule has 1 unspecified atom stereocenters. The van der Waals surface area contributed by atoms with Crippen molar-refractivity contribution < 1.29 is 83.4 Å². The first-order valence-corrected chi connectivity index (χ1v) is 45.0. The van der Waals surface area contributed by atoms with Gasteiger partial charge in [-0.15, -0.1) is 0 Å². The van der Waals surface area contributed by atoms with Crippen molar-refractivity contribution in [2.75, 3.05) is 165 Å². The van der Waals surface area contributed by atoms with E-state index in [2.05, 4.69) is 307 Å². The molecule has 0 heterocycles. The van der Waals surface area contributed by atoms with Crippen LogP contribution in [0.5, 0.6) is 5.75 Å². The fourth-order valence-electron chi connectivity index (χ4n) is 20.5. The van der Waals surface area contributed by atoms with Gasteiger partial charge in [-0.1, -0.05) is 266 Å². The first-order valence-electron chi connectivity index (χ1n) is 48.5. The van der Waals surface area contributed by atoms with Gasteiger partial charge < -0.3 is 98.4 Å². The number of hydrogen-bond acceptors (Lipinski definition) is 11. The summed E-state index contributed by atoms with van der Waals surface area (Å²) in [4.78, 5) is 4.54. The zero-order chi connectivity index (χ0) is 92.4. The molecule has 0 aromatic heterocycles. The second kappa shape index (κ2) is 55.3. The Morgan fingerprint density at radius 2 is 0.750 bits per heavy atom. The summed E-state index contributed by atoms with van der Waals surface area (Å²) in [5.41, 5.74) is 14.9. The first kappa shape index (κ1) is 101. The van der Waals surface area contributed by atoms with Crippen molar-refractivity contribution in [3.05, 3.63) is 207 Å². The van der Waals surface area contributed by atoms with Gasteiger partial charge in [0.2, 0.25) is 2.86 Å². The van der Waals surface area contributed by atoms with Crippen molar-refractivity contribution >= 4 is 0 Å². The number of aromatic hydroxyl groups is 1. The third-order valence-corrected chi connectivity index (χ3v) is 27.0. The summed E-state index contributed by atoms with van der Waals surface area (Å²) in [6.07, 6.45) is 30.5. The fourth-order valence-corrected chi connectivity index (χ4v) is 20.5. The highest BCUT2D eigenvalue weighted by Gasteiger charge is 2.46. The largest absolute Gasteiger partial charge is 1.00 e. The lowest BCUT2D eigenvalue weighted by molar-refractivity contribution is -0.875. The monoisotopic (exact) mass is 1800 g/mol. The minimum absolute atomic E-state index is 0. The fraction of sp³-hybridized carbons (Fsp3) is 0.657. The molecule has 682 valence electrons. The molecule has 15 heteroatoms. The highest BCUT2D eigenvalue weighted by Crippen LogP contribution is 2.49. The number of nitrogens with zero attached hydrogens (tertiary/aromatic N) is 4. The molecule has 6 saturated carbocycles. The lowest BCUT2D eigenvalue weighted by atomic mass is 9.63. The van der Waals surface area contributed by atoms with Gasteiger partial charge in [0.05, 0.1) is 85.3 Å². The number of ether oxygens (including phenoxy) is 2. The van der Waals surface area contributed by atoms with Gasteiger partial charge in [0.1, 0.15) is 5.75 Å². The number of rotatable bonds is 21. The number of phenolic OH excluding ortho intramolecular Hbond substituents is 1. The summed E-state index contributed by atoms with van der Waals surface area (Å²) in [5, 5.41) is 46.0. The van der Waals surface area contributed by atoms with Crippen LogP contribution in [-0.2, 0) is 42.3 Å². The van der Waals surface area contributed by atoms with Crippen molar-refractivity contribution in [1.82, 2.24) is 20.4 Å². The van der Waals surface area contributed by atoms with Crippen molar-refractivity contribution in [2.45, 2.75) is 249 Å². The molecule has 13 nitrogen and oxygen atoms in total. The molecular weight excluding hydrogens is 1620 g/mol. The lowest BCUT2D eigenvalue weighted by Crippen LogP contribution is -3.00. The van der Waals surface area contributed by atoms with E-state index >= 15 is 0 Å². The Labute approximate surface area is 764 Å². The van der Waals surface area contributed by atoms with Gasteiger partial charge in [-0.2, -0.15) is 0 Å². The van der Waals surface area contributed by atoms with E-state index < -0.39 is 17.8 Å². The van der Waals surface area contributed by atoms with Crippen LogP contribution in [0.1, 0.15) is 248 Å². The molecule has 0 amide bonds. The first-order chi connectivity index (χ1) is 58.6. The maximum atomic E-state index is 11.3. The van der Waals surface area contributed by atoms with Gasteiger partial charge in [0.25, 0.3) is 0 Å². The Bertz CT molecular complexity index is 3660. The predicted molar refractivity (Wildman–Crippen MR) is 504 cm³/mol. The van der Waals surface area contributed by atoms with Crippen molar-refractivity contribution in [3.63, 3.8) is 0 Å². The van der Waals surface area contributed by atoms with Crippen LogP contribution in [0.4, 0.5) is 0 Å².